The summed E-state index contributed by atoms with van der Waals surface area (Å²) in [4.78, 5) is 50.1. The normalized spacial score (nSPS) is 26.3. The molecule has 0 unspecified atom stereocenters. The molecule has 2 heterocycles. The molecule has 1 aromatic heterocycles. The summed E-state index contributed by atoms with van der Waals surface area (Å²) in [5, 5.41) is 3.93. The van der Waals surface area contributed by atoms with Crippen LogP contribution in [0.2, 0.25) is 0 Å². The fourth-order valence-electron chi connectivity index (χ4n) is 2.86. The number of ether oxygens (including phenoxy) is 5. The second-order valence-electron chi connectivity index (χ2n) is 6.15. The lowest BCUT2D eigenvalue weighted by Gasteiger charge is -2.44. The molecular weight excluding hydrogens is 392 g/mol. The number of aromatic nitrogens is 3. The molecule has 2 N–H and O–H groups in total. The molecule has 1 fully saturated rings. The highest BCUT2D eigenvalue weighted by Crippen LogP contribution is 2.35. The molecule has 0 saturated carbocycles. The van der Waals surface area contributed by atoms with Gasteiger partial charge in [-0.25, -0.2) is 0 Å². The third kappa shape index (κ3) is 5.63. The molecule has 160 valence electrons. The van der Waals surface area contributed by atoms with E-state index in [2.05, 4.69) is 10.1 Å². The van der Waals surface area contributed by atoms with Crippen molar-refractivity contribution in [3.05, 3.63) is 6.33 Å². The van der Waals surface area contributed by atoms with Gasteiger partial charge in [0.25, 0.3) is 0 Å². The molecule has 0 bridgehead atoms. The van der Waals surface area contributed by atoms with E-state index in [0.29, 0.717) is 0 Å². The van der Waals surface area contributed by atoms with Gasteiger partial charge in [-0.2, -0.15) is 14.8 Å². The van der Waals surface area contributed by atoms with Crippen LogP contribution in [0.3, 0.4) is 0 Å². The number of esters is 4. The summed E-state index contributed by atoms with van der Waals surface area (Å²) < 4.78 is 27.8. The highest BCUT2D eigenvalue weighted by atomic mass is 16.7. The van der Waals surface area contributed by atoms with Crippen LogP contribution in [0.4, 0.5) is 5.95 Å². The maximum absolute atomic E-state index is 11.7. The van der Waals surface area contributed by atoms with Crippen molar-refractivity contribution in [2.75, 3.05) is 12.3 Å². The van der Waals surface area contributed by atoms with E-state index in [1.54, 1.807) is 0 Å². The molecule has 5 atom stereocenters. The average molecular weight is 414 g/mol. The van der Waals surface area contributed by atoms with Gasteiger partial charge < -0.3 is 29.4 Å². The number of hydrogen-bond acceptors (Lipinski definition) is 12. The standard InChI is InChI=1S/C16H22N4O9/c1-7(21)25-5-11-12(26-8(2)22)13(27-9(3)23)14(28-10(4)24)15(29-11)20-16(17)18-6-19-20/h6,11-15H,5H2,1-4H3,(H2,17,18,19)/t11-,12-,13+,14-,15-/m1/s1. The summed E-state index contributed by atoms with van der Waals surface area (Å²) >= 11 is 0. The topological polar surface area (TPSA) is 171 Å². The number of carbonyl (C=O) groups excluding carboxylic acids is 4. The Balaban J connectivity index is 2.51. The number of nitrogens with two attached hydrogens (primary N) is 1. The van der Waals surface area contributed by atoms with Crippen LogP contribution in [0.15, 0.2) is 6.33 Å². The van der Waals surface area contributed by atoms with Crippen LogP contribution in [-0.2, 0) is 42.9 Å². The van der Waals surface area contributed by atoms with E-state index in [4.69, 9.17) is 29.4 Å². The van der Waals surface area contributed by atoms with Crippen molar-refractivity contribution in [3.8, 4) is 0 Å². The van der Waals surface area contributed by atoms with Gasteiger partial charge in [0, 0.05) is 27.7 Å². The Morgan fingerprint density at radius 3 is 2.00 bits per heavy atom. The first-order chi connectivity index (χ1) is 13.6. The zero-order chi connectivity index (χ0) is 21.7. The molecule has 0 spiro atoms. The second-order valence-corrected chi connectivity index (χ2v) is 6.15. The average Bonchev–Trinajstić information content (AvgIpc) is 3.01. The molecule has 2 rings (SSSR count). The third-order valence-corrected chi connectivity index (χ3v) is 3.81. The number of hydrogen-bond donors (Lipinski definition) is 1. The number of anilines is 1. The quantitative estimate of drug-likeness (QED) is 0.450. The lowest BCUT2D eigenvalue weighted by Crippen LogP contribution is -2.60. The van der Waals surface area contributed by atoms with E-state index in [9.17, 15) is 19.2 Å². The first-order valence-electron chi connectivity index (χ1n) is 8.55. The molecule has 1 aromatic rings. The van der Waals surface area contributed by atoms with Crippen LogP contribution in [0.1, 0.15) is 33.9 Å². The summed E-state index contributed by atoms with van der Waals surface area (Å²) in [6.45, 7) is 4.24. The van der Waals surface area contributed by atoms with Gasteiger partial charge in [-0.1, -0.05) is 0 Å². The Labute approximate surface area is 165 Å². The Kier molecular flexibility index (Phi) is 7.09. The van der Waals surface area contributed by atoms with Crippen molar-refractivity contribution in [3.63, 3.8) is 0 Å². The van der Waals surface area contributed by atoms with Crippen molar-refractivity contribution < 1.29 is 42.9 Å². The van der Waals surface area contributed by atoms with E-state index in [-0.39, 0.29) is 12.6 Å². The smallest absolute Gasteiger partial charge is 0.303 e. The van der Waals surface area contributed by atoms with Gasteiger partial charge in [0.2, 0.25) is 5.95 Å². The van der Waals surface area contributed by atoms with Crippen LogP contribution < -0.4 is 5.73 Å². The number of nitrogens with zero attached hydrogens (tertiary/aromatic N) is 3. The van der Waals surface area contributed by atoms with Crippen molar-refractivity contribution in [2.45, 2.75) is 58.3 Å². The minimum atomic E-state index is -1.30. The fraction of sp³-hybridized carbons (Fsp3) is 0.625. The summed E-state index contributed by atoms with van der Waals surface area (Å²) in [6.07, 6.45) is -5.00. The number of nitrogen functional groups attached to an aromatic ring is 1. The first-order valence-corrected chi connectivity index (χ1v) is 8.55. The van der Waals surface area contributed by atoms with Gasteiger partial charge in [0.15, 0.2) is 24.5 Å². The van der Waals surface area contributed by atoms with Gasteiger partial charge >= 0.3 is 23.9 Å². The highest BCUT2D eigenvalue weighted by molar-refractivity contribution is 5.68. The molecule has 1 aliphatic heterocycles. The minimum absolute atomic E-state index is 0.0779. The molecule has 13 heteroatoms. The van der Waals surface area contributed by atoms with E-state index in [0.717, 1.165) is 31.8 Å². The van der Waals surface area contributed by atoms with Crippen LogP contribution in [0.25, 0.3) is 0 Å². The predicted octanol–water partition coefficient (Wildman–Crippen LogP) is -0.884. The maximum Gasteiger partial charge on any atom is 0.303 e. The van der Waals surface area contributed by atoms with Crippen molar-refractivity contribution >= 4 is 29.8 Å². The van der Waals surface area contributed by atoms with Gasteiger partial charge in [-0.3, -0.25) is 19.2 Å². The molecular formula is C16H22N4O9. The monoisotopic (exact) mass is 414 g/mol. The SMILES string of the molecule is CC(=O)OC[C@H]1O[C@@H](n2ncnc2N)[C@H](OC(C)=O)[C@@H](OC(C)=O)[C@@H]1OC(C)=O. The number of carbonyl (C=O) groups is 4. The fourth-order valence-corrected chi connectivity index (χ4v) is 2.86. The molecule has 13 nitrogen and oxygen atoms in total. The Morgan fingerprint density at radius 2 is 1.52 bits per heavy atom. The van der Waals surface area contributed by atoms with Gasteiger partial charge in [-0.05, 0) is 0 Å². The van der Waals surface area contributed by atoms with Crippen molar-refractivity contribution in [1.82, 2.24) is 14.8 Å². The van der Waals surface area contributed by atoms with E-state index >= 15 is 0 Å². The van der Waals surface area contributed by atoms with E-state index in [1.165, 1.54) is 6.92 Å². The van der Waals surface area contributed by atoms with Crippen LogP contribution in [0.5, 0.6) is 0 Å². The van der Waals surface area contributed by atoms with Crippen LogP contribution >= 0.6 is 0 Å². The lowest BCUT2D eigenvalue weighted by atomic mass is 9.97. The zero-order valence-corrected chi connectivity index (χ0v) is 16.3. The predicted molar refractivity (Wildman–Crippen MR) is 91.6 cm³/mol. The van der Waals surface area contributed by atoms with E-state index in [1.807, 2.05) is 0 Å². The molecule has 0 aromatic carbocycles. The zero-order valence-electron chi connectivity index (χ0n) is 16.3. The Hall–Kier alpha value is -3.22. The summed E-state index contributed by atoms with van der Waals surface area (Å²) in [7, 11) is 0. The Morgan fingerprint density at radius 1 is 0.966 bits per heavy atom. The third-order valence-electron chi connectivity index (χ3n) is 3.81. The van der Waals surface area contributed by atoms with Crippen molar-refractivity contribution in [1.29, 1.82) is 0 Å². The van der Waals surface area contributed by atoms with Crippen molar-refractivity contribution in [2.24, 2.45) is 0 Å². The molecule has 29 heavy (non-hydrogen) atoms. The highest BCUT2D eigenvalue weighted by Gasteiger charge is 2.53. The largest absolute Gasteiger partial charge is 0.463 e. The molecule has 0 radical (unpaired) electrons. The minimum Gasteiger partial charge on any atom is -0.463 e. The van der Waals surface area contributed by atoms with Crippen LogP contribution in [0, 0.1) is 0 Å². The molecule has 1 aliphatic rings. The Bertz CT molecular complexity index is 780. The molecule has 1 saturated heterocycles. The van der Waals surface area contributed by atoms with Gasteiger partial charge in [0.05, 0.1) is 0 Å². The number of rotatable bonds is 6. The van der Waals surface area contributed by atoms with E-state index < -0.39 is 54.5 Å². The summed E-state index contributed by atoms with van der Waals surface area (Å²) in [5.74, 6) is -2.87. The lowest BCUT2D eigenvalue weighted by molar-refractivity contribution is -0.270. The summed E-state index contributed by atoms with van der Waals surface area (Å²) in [5.41, 5.74) is 5.78. The van der Waals surface area contributed by atoms with Gasteiger partial charge in [-0.15, -0.1) is 0 Å². The second kappa shape index (κ2) is 9.32. The van der Waals surface area contributed by atoms with Gasteiger partial charge in [0.1, 0.15) is 19.0 Å². The summed E-state index contributed by atoms with van der Waals surface area (Å²) in [6, 6.07) is 0. The first kappa shape index (κ1) is 22.1. The molecule has 0 amide bonds. The van der Waals surface area contributed by atoms with Crippen LogP contribution in [-0.4, -0.2) is 69.7 Å². The maximum atomic E-state index is 11.7. The molecule has 0 aliphatic carbocycles.